The summed E-state index contributed by atoms with van der Waals surface area (Å²) in [6.45, 7) is 1.94. The van der Waals surface area contributed by atoms with Crippen molar-refractivity contribution in [2.75, 3.05) is 5.73 Å². The minimum Gasteiger partial charge on any atom is -0.466 e. The fourth-order valence-electron chi connectivity index (χ4n) is 3.94. The lowest BCUT2D eigenvalue weighted by atomic mass is 9.78. The zero-order chi connectivity index (χ0) is 19.0. The molecule has 27 heavy (non-hydrogen) atoms. The summed E-state index contributed by atoms with van der Waals surface area (Å²) in [6.07, 6.45) is 4.89. The maximum atomic E-state index is 11.3. The monoisotopic (exact) mass is 365 g/mol. The van der Waals surface area contributed by atoms with Gasteiger partial charge in [-0.2, -0.15) is 4.98 Å². The minimum atomic E-state index is -0.219. The van der Waals surface area contributed by atoms with E-state index in [-0.39, 0.29) is 17.9 Å². The van der Waals surface area contributed by atoms with Gasteiger partial charge < -0.3 is 16.2 Å². The van der Waals surface area contributed by atoms with Gasteiger partial charge in [0.2, 0.25) is 11.8 Å². The number of nitrogens with zero attached hydrogens (tertiary/aromatic N) is 3. The molecule has 2 aliphatic rings. The molecule has 1 aromatic carbocycles. The third-order valence-electron chi connectivity index (χ3n) is 5.53. The fourth-order valence-corrected chi connectivity index (χ4v) is 3.94. The van der Waals surface area contributed by atoms with Crippen LogP contribution in [-0.4, -0.2) is 27.7 Å². The molecule has 1 amide bonds. The number of nitrogen functional groups attached to an aromatic ring is 1. The van der Waals surface area contributed by atoms with Crippen molar-refractivity contribution >= 4 is 23.1 Å². The molecule has 4 N–H and O–H groups in total. The number of amides is 1. The molecule has 1 aliphatic carbocycles. The zero-order valence-corrected chi connectivity index (χ0v) is 15.3. The van der Waals surface area contributed by atoms with E-state index in [9.17, 15) is 4.79 Å². The Kier molecular flexibility index (Phi) is 4.51. The largest absolute Gasteiger partial charge is 0.466 e. The number of nitrogens with two attached hydrogens (primary N) is 2. The molecule has 7 nitrogen and oxygen atoms in total. The van der Waals surface area contributed by atoms with E-state index in [4.69, 9.17) is 16.2 Å². The van der Waals surface area contributed by atoms with Crippen molar-refractivity contribution in [2.24, 2.45) is 16.6 Å². The fraction of sp³-hybridized carbons (Fsp3) is 0.400. The lowest BCUT2D eigenvalue weighted by Gasteiger charge is -2.27. The summed E-state index contributed by atoms with van der Waals surface area (Å²) < 4.78 is 5.85. The Bertz CT molecular complexity index is 886. The second-order valence-corrected chi connectivity index (χ2v) is 7.24. The summed E-state index contributed by atoms with van der Waals surface area (Å²) in [5.74, 6) is 1.06. The molecule has 0 spiro atoms. The van der Waals surface area contributed by atoms with E-state index >= 15 is 0 Å². The number of fused-ring (bicyclic) bond motifs is 1. The summed E-state index contributed by atoms with van der Waals surface area (Å²) in [5, 5.41) is 0. The smallest absolute Gasteiger partial charge is 0.246 e. The highest BCUT2D eigenvalue weighted by Gasteiger charge is 2.27. The highest BCUT2D eigenvalue weighted by atomic mass is 16.5. The summed E-state index contributed by atoms with van der Waals surface area (Å²) in [6, 6.07) is 8.42. The molecule has 1 unspecified atom stereocenters. The van der Waals surface area contributed by atoms with Gasteiger partial charge in [0, 0.05) is 5.92 Å². The zero-order valence-electron chi connectivity index (χ0n) is 15.3. The number of hydrogen-bond acceptors (Lipinski definition) is 6. The van der Waals surface area contributed by atoms with Crippen LogP contribution in [0.15, 0.2) is 35.6 Å². The Labute approximate surface area is 157 Å². The number of aliphatic imine (C=N–C) groups is 1. The third kappa shape index (κ3) is 3.37. The van der Waals surface area contributed by atoms with E-state index in [2.05, 4.69) is 39.2 Å². The number of aromatic nitrogens is 2. The molecule has 4 rings (SSSR count). The predicted molar refractivity (Wildman–Crippen MR) is 103 cm³/mol. The SMILES string of the molecule is CC1Oc2ncnc(N)c2N=C1c1ccc(C2CCC(C(N)=O)CC2)cc1. The van der Waals surface area contributed by atoms with Crippen molar-refractivity contribution < 1.29 is 9.53 Å². The van der Waals surface area contributed by atoms with Gasteiger partial charge in [-0.3, -0.25) is 4.79 Å². The first-order valence-electron chi connectivity index (χ1n) is 9.28. The molecule has 1 atom stereocenters. The van der Waals surface area contributed by atoms with Gasteiger partial charge in [-0.05, 0) is 49.7 Å². The van der Waals surface area contributed by atoms with Crippen LogP contribution in [0, 0.1) is 5.92 Å². The van der Waals surface area contributed by atoms with Crippen molar-refractivity contribution in [3.63, 3.8) is 0 Å². The first kappa shape index (κ1) is 17.5. The standard InChI is InChI=1S/C20H23N5O2/c1-11-16(25-17-18(21)23-10-24-20(17)27-11)14-6-2-12(3-7-14)13-4-8-15(9-5-13)19(22)26/h2-3,6-7,10-11,13,15H,4-5,8-9H2,1H3,(H2,22,26)(H2,21,23,24). The maximum Gasteiger partial charge on any atom is 0.246 e. The van der Waals surface area contributed by atoms with Crippen molar-refractivity contribution in [1.82, 2.24) is 9.97 Å². The Morgan fingerprint density at radius 3 is 2.48 bits per heavy atom. The molecule has 1 saturated carbocycles. The number of rotatable bonds is 3. The third-order valence-corrected chi connectivity index (χ3v) is 5.53. The number of ether oxygens (including phenoxy) is 1. The molecule has 0 saturated heterocycles. The number of carbonyl (C=O) groups is 1. The maximum absolute atomic E-state index is 11.3. The Balaban J connectivity index is 1.54. The molecule has 0 bridgehead atoms. The quantitative estimate of drug-likeness (QED) is 0.867. The van der Waals surface area contributed by atoms with E-state index in [0.717, 1.165) is 37.0 Å². The van der Waals surface area contributed by atoms with Crippen LogP contribution < -0.4 is 16.2 Å². The Morgan fingerprint density at radius 2 is 1.81 bits per heavy atom. The molecule has 0 radical (unpaired) electrons. The molecule has 1 fully saturated rings. The van der Waals surface area contributed by atoms with Crippen LogP contribution in [0.2, 0.25) is 0 Å². The molecular formula is C20H23N5O2. The highest BCUT2D eigenvalue weighted by molar-refractivity contribution is 6.06. The molecule has 2 heterocycles. The molecule has 1 aromatic heterocycles. The average Bonchev–Trinajstić information content (AvgIpc) is 2.68. The average molecular weight is 365 g/mol. The van der Waals surface area contributed by atoms with Crippen molar-refractivity contribution in [3.8, 4) is 5.88 Å². The van der Waals surface area contributed by atoms with Crippen LogP contribution in [0.4, 0.5) is 11.5 Å². The molecular weight excluding hydrogens is 342 g/mol. The summed E-state index contributed by atoms with van der Waals surface area (Å²) in [4.78, 5) is 24.1. The van der Waals surface area contributed by atoms with Gasteiger partial charge in [-0.15, -0.1) is 0 Å². The van der Waals surface area contributed by atoms with Crippen LogP contribution in [0.1, 0.15) is 49.7 Å². The van der Waals surface area contributed by atoms with E-state index < -0.39 is 0 Å². The summed E-state index contributed by atoms with van der Waals surface area (Å²) in [5.41, 5.74) is 14.9. The van der Waals surface area contributed by atoms with E-state index in [1.54, 1.807) is 0 Å². The Hall–Kier alpha value is -2.96. The van der Waals surface area contributed by atoms with Gasteiger partial charge >= 0.3 is 0 Å². The first-order valence-corrected chi connectivity index (χ1v) is 9.28. The van der Waals surface area contributed by atoms with Gasteiger partial charge in [-0.25, -0.2) is 9.98 Å². The second kappa shape index (κ2) is 6.98. The minimum absolute atomic E-state index is 0.0304. The van der Waals surface area contributed by atoms with Crippen LogP contribution in [0.5, 0.6) is 5.88 Å². The predicted octanol–water partition coefficient (Wildman–Crippen LogP) is 2.72. The first-order chi connectivity index (χ1) is 13.0. The van der Waals surface area contributed by atoms with E-state index in [1.165, 1.54) is 11.9 Å². The number of hydrogen-bond donors (Lipinski definition) is 2. The molecule has 7 heteroatoms. The van der Waals surface area contributed by atoms with Crippen LogP contribution in [0.25, 0.3) is 0 Å². The second-order valence-electron chi connectivity index (χ2n) is 7.24. The van der Waals surface area contributed by atoms with E-state index in [1.807, 2.05) is 6.92 Å². The summed E-state index contributed by atoms with van der Waals surface area (Å²) >= 11 is 0. The summed E-state index contributed by atoms with van der Waals surface area (Å²) in [7, 11) is 0. The number of carbonyl (C=O) groups excluding carboxylic acids is 1. The normalized spacial score (nSPS) is 24.5. The Morgan fingerprint density at radius 1 is 1.11 bits per heavy atom. The van der Waals surface area contributed by atoms with Crippen LogP contribution in [0.3, 0.4) is 0 Å². The number of benzene rings is 1. The van der Waals surface area contributed by atoms with Gasteiger partial charge in [0.1, 0.15) is 12.4 Å². The number of primary amides is 1. The van der Waals surface area contributed by atoms with Gasteiger partial charge in [0.05, 0.1) is 5.71 Å². The number of anilines is 1. The topological polar surface area (TPSA) is 116 Å². The van der Waals surface area contributed by atoms with Crippen LogP contribution in [-0.2, 0) is 4.79 Å². The van der Waals surface area contributed by atoms with Crippen molar-refractivity contribution in [2.45, 2.75) is 44.6 Å². The van der Waals surface area contributed by atoms with Crippen molar-refractivity contribution in [1.29, 1.82) is 0 Å². The lowest BCUT2D eigenvalue weighted by Crippen LogP contribution is -2.28. The van der Waals surface area contributed by atoms with Gasteiger partial charge in [0.25, 0.3) is 0 Å². The highest BCUT2D eigenvalue weighted by Crippen LogP contribution is 2.37. The molecule has 140 valence electrons. The van der Waals surface area contributed by atoms with E-state index in [0.29, 0.717) is 23.3 Å². The van der Waals surface area contributed by atoms with Gasteiger partial charge in [0.15, 0.2) is 11.5 Å². The molecule has 1 aliphatic heterocycles. The van der Waals surface area contributed by atoms with Gasteiger partial charge in [-0.1, -0.05) is 24.3 Å². The van der Waals surface area contributed by atoms with Crippen molar-refractivity contribution in [3.05, 3.63) is 41.7 Å². The lowest BCUT2D eigenvalue weighted by molar-refractivity contribution is -0.122. The molecule has 2 aromatic rings. The van der Waals surface area contributed by atoms with Crippen LogP contribution >= 0.6 is 0 Å².